The minimum absolute atomic E-state index is 0.369. The SMILES string of the molecule is [C-]#[N+]C(C(=C)C(C)C)=C(C)C. The van der Waals surface area contributed by atoms with Crippen molar-refractivity contribution in [2.75, 3.05) is 0 Å². The van der Waals surface area contributed by atoms with Crippen LogP contribution in [0.25, 0.3) is 4.85 Å². The number of nitrogens with zero attached hydrogens (tertiary/aromatic N) is 1. The van der Waals surface area contributed by atoms with E-state index in [2.05, 4.69) is 25.3 Å². The molecule has 60 valence electrons. The average molecular weight is 149 g/mol. The summed E-state index contributed by atoms with van der Waals surface area (Å²) < 4.78 is 0. The van der Waals surface area contributed by atoms with E-state index >= 15 is 0 Å². The molecular formula is C10H15N. The van der Waals surface area contributed by atoms with Gasteiger partial charge in [-0.05, 0) is 11.5 Å². The van der Waals surface area contributed by atoms with Crippen molar-refractivity contribution < 1.29 is 0 Å². The van der Waals surface area contributed by atoms with E-state index in [1.165, 1.54) is 0 Å². The van der Waals surface area contributed by atoms with Crippen LogP contribution in [0.4, 0.5) is 0 Å². The molecule has 0 aliphatic carbocycles. The van der Waals surface area contributed by atoms with Gasteiger partial charge in [0.1, 0.15) is 0 Å². The van der Waals surface area contributed by atoms with E-state index < -0.39 is 0 Å². The van der Waals surface area contributed by atoms with Gasteiger partial charge in [0, 0.05) is 0 Å². The van der Waals surface area contributed by atoms with Gasteiger partial charge < -0.3 is 0 Å². The zero-order valence-electron chi connectivity index (χ0n) is 7.73. The molecule has 0 spiro atoms. The summed E-state index contributed by atoms with van der Waals surface area (Å²) in [5.74, 6) is 0.369. The second kappa shape index (κ2) is 3.98. The predicted octanol–water partition coefficient (Wildman–Crippen LogP) is 3.41. The lowest BCUT2D eigenvalue weighted by atomic mass is 10.00. The lowest BCUT2D eigenvalue weighted by Crippen LogP contribution is -1.94. The summed E-state index contributed by atoms with van der Waals surface area (Å²) in [7, 11) is 0. The fourth-order valence-corrected chi connectivity index (χ4v) is 0.778. The molecule has 0 radical (unpaired) electrons. The summed E-state index contributed by atoms with van der Waals surface area (Å²) in [6.45, 7) is 18.8. The number of rotatable bonds is 2. The van der Waals surface area contributed by atoms with Gasteiger partial charge in [-0.25, -0.2) is 4.85 Å². The fourth-order valence-electron chi connectivity index (χ4n) is 0.778. The van der Waals surface area contributed by atoms with E-state index in [0.29, 0.717) is 5.92 Å². The van der Waals surface area contributed by atoms with Gasteiger partial charge in [-0.2, -0.15) is 0 Å². The highest BCUT2D eigenvalue weighted by atomic mass is 14.7. The summed E-state index contributed by atoms with van der Waals surface area (Å²) in [6.07, 6.45) is 0. The van der Waals surface area contributed by atoms with Crippen LogP contribution in [-0.4, -0.2) is 0 Å². The molecule has 0 aromatic heterocycles. The van der Waals surface area contributed by atoms with E-state index in [-0.39, 0.29) is 0 Å². The summed E-state index contributed by atoms with van der Waals surface area (Å²) in [5.41, 5.74) is 2.73. The van der Waals surface area contributed by atoms with Crippen LogP contribution in [0.2, 0.25) is 0 Å². The van der Waals surface area contributed by atoms with Crippen LogP contribution in [-0.2, 0) is 0 Å². The molecule has 0 heterocycles. The Bertz CT molecular complexity index is 222. The Hall–Kier alpha value is -1.03. The third-order valence-corrected chi connectivity index (χ3v) is 1.59. The molecule has 0 amide bonds. The molecule has 0 bridgehead atoms. The first kappa shape index (κ1) is 9.97. The second-order valence-electron chi connectivity index (χ2n) is 3.14. The van der Waals surface area contributed by atoms with E-state index in [1.54, 1.807) is 0 Å². The van der Waals surface area contributed by atoms with Gasteiger partial charge in [0.25, 0.3) is 0 Å². The largest absolute Gasteiger partial charge is 0.238 e. The lowest BCUT2D eigenvalue weighted by molar-refractivity contribution is 0.783. The standard InChI is InChI=1S/C10H15N/c1-7(2)9(5)10(11-6)8(3)4/h7H,5H2,1-4H3. The molecule has 0 N–H and O–H groups in total. The first-order valence-corrected chi connectivity index (χ1v) is 3.74. The third-order valence-electron chi connectivity index (χ3n) is 1.59. The molecule has 0 aromatic carbocycles. The van der Waals surface area contributed by atoms with Crippen molar-refractivity contribution in [1.29, 1.82) is 0 Å². The molecule has 11 heavy (non-hydrogen) atoms. The Labute approximate surface area is 69.2 Å². The summed E-state index contributed by atoms with van der Waals surface area (Å²) in [6, 6.07) is 0. The molecule has 1 nitrogen and oxygen atoms in total. The predicted molar refractivity (Wildman–Crippen MR) is 49.0 cm³/mol. The maximum Gasteiger partial charge on any atom is 0.188 e. The number of hydrogen-bond acceptors (Lipinski definition) is 0. The van der Waals surface area contributed by atoms with Gasteiger partial charge in [0.05, 0.1) is 6.57 Å². The van der Waals surface area contributed by atoms with Crippen molar-refractivity contribution in [2.45, 2.75) is 27.7 Å². The Morgan fingerprint density at radius 1 is 1.36 bits per heavy atom. The summed E-state index contributed by atoms with van der Waals surface area (Å²) >= 11 is 0. The summed E-state index contributed by atoms with van der Waals surface area (Å²) in [4.78, 5) is 3.44. The van der Waals surface area contributed by atoms with Crippen LogP contribution < -0.4 is 0 Å². The van der Waals surface area contributed by atoms with Gasteiger partial charge >= 0.3 is 0 Å². The van der Waals surface area contributed by atoms with Crippen molar-refractivity contribution in [2.24, 2.45) is 5.92 Å². The average Bonchev–Trinajstić information content (AvgIpc) is 1.88. The van der Waals surface area contributed by atoms with Crippen LogP contribution in [0.1, 0.15) is 27.7 Å². The highest BCUT2D eigenvalue weighted by Crippen LogP contribution is 2.21. The molecule has 0 fully saturated rings. The first-order chi connectivity index (χ1) is 5.00. The molecule has 0 aliphatic rings. The maximum atomic E-state index is 6.92. The number of allylic oxidation sites excluding steroid dienone is 2. The first-order valence-electron chi connectivity index (χ1n) is 3.74. The molecule has 1 heteroatoms. The van der Waals surface area contributed by atoms with Gasteiger partial charge in [0.2, 0.25) is 0 Å². The quantitative estimate of drug-likeness (QED) is 0.418. The molecule has 0 unspecified atom stereocenters. The molecule has 0 saturated carbocycles. The Morgan fingerprint density at radius 2 is 1.82 bits per heavy atom. The zero-order chi connectivity index (χ0) is 9.02. The molecule has 0 aliphatic heterocycles. The van der Waals surface area contributed by atoms with Crippen LogP contribution in [0, 0.1) is 12.5 Å². The fraction of sp³-hybridized carbons (Fsp3) is 0.500. The molecule has 0 saturated heterocycles. The van der Waals surface area contributed by atoms with E-state index in [0.717, 1.165) is 16.8 Å². The number of hydrogen-bond donors (Lipinski definition) is 0. The van der Waals surface area contributed by atoms with Gasteiger partial charge in [0.15, 0.2) is 5.70 Å². The van der Waals surface area contributed by atoms with Crippen molar-refractivity contribution in [3.05, 3.63) is 34.8 Å². The Morgan fingerprint density at radius 3 is 1.91 bits per heavy atom. The lowest BCUT2D eigenvalue weighted by Gasteiger charge is -2.08. The highest BCUT2D eigenvalue weighted by Gasteiger charge is 2.07. The van der Waals surface area contributed by atoms with Crippen LogP contribution >= 0.6 is 0 Å². The topological polar surface area (TPSA) is 4.36 Å². The van der Waals surface area contributed by atoms with Crippen molar-refractivity contribution in [1.82, 2.24) is 0 Å². The normalized spacial score (nSPS) is 9.09. The van der Waals surface area contributed by atoms with Crippen LogP contribution in [0.3, 0.4) is 0 Å². The molecular weight excluding hydrogens is 134 g/mol. The van der Waals surface area contributed by atoms with E-state index in [1.807, 2.05) is 13.8 Å². The Balaban J connectivity index is 4.73. The monoisotopic (exact) mass is 149 g/mol. The minimum atomic E-state index is 0.369. The van der Waals surface area contributed by atoms with E-state index in [4.69, 9.17) is 6.57 Å². The van der Waals surface area contributed by atoms with Crippen LogP contribution in [0.5, 0.6) is 0 Å². The third kappa shape index (κ3) is 2.59. The van der Waals surface area contributed by atoms with Crippen molar-refractivity contribution in [3.8, 4) is 0 Å². The molecule has 0 aromatic rings. The molecule has 0 rings (SSSR count). The van der Waals surface area contributed by atoms with Gasteiger partial charge in [-0.1, -0.05) is 33.3 Å². The van der Waals surface area contributed by atoms with Crippen molar-refractivity contribution >= 4 is 0 Å². The smallest absolute Gasteiger partial charge is 0.188 e. The highest BCUT2D eigenvalue weighted by molar-refractivity contribution is 5.37. The van der Waals surface area contributed by atoms with Crippen LogP contribution in [0.15, 0.2) is 23.4 Å². The summed E-state index contributed by atoms with van der Waals surface area (Å²) in [5, 5.41) is 0. The minimum Gasteiger partial charge on any atom is -0.238 e. The van der Waals surface area contributed by atoms with Gasteiger partial charge in [-0.3, -0.25) is 0 Å². The zero-order valence-corrected chi connectivity index (χ0v) is 7.73. The van der Waals surface area contributed by atoms with Gasteiger partial charge in [-0.15, -0.1) is 6.58 Å². The molecule has 0 atom stereocenters. The second-order valence-corrected chi connectivity index (χ2v) is 3.14. The van der Waals surface area contributed by atoms with E-state index in [9.17, 15) is 0 Å². The maximum absolute atomic E-state index is 6.92. The Kier molecular flexibility index (Phi) is 3.60. The van der Waals surface area contributed by atoms with Crippen molar-refractivity contribution in [3.63, 3.8) is 0 Å².